The van der Waals surface area contributed by atoms with E-state index in [9.17, 15) is 9.59 Å². The number of hydrogen-bond donors (Lipinski definition) is 0. The number of carbonyl (C=O) groups is 2. The zero-order valence-electron chi connectivity index (χ0n) is 9.34. The van der Waals surface area contributed by atoms with Crippen molar-refractivity contribution in [3.8, 4) is 11.5 Å². The minimum absolute atomic E-state index is 0.119. The molecule has 0 amide bonds. The van der Waals surface area contributed by atoms with Gasteiger partial charge in [-0.25, -0.2) is 0 Å². The average molecular weight is 234 g/mol. The molecule has 0 N–H and O–H groups in total. The number of ether oxygens (including phenoxy) is 2. The van der Waals surface area contributed by atoms with Crippen molar-refractivity contribution in [2.45, 2.75) is 0 Å². The van der Waals surface area contributed by atoms with Crippen LogP contribution in [0, 0.1) is 0 Å². The predicted molar refractivity (Wildman–Crippen MR) is 58.6 cm³/mol. The van der Waals surface area contributed by atoms with E-state index in [-0.39, 0.29) is 17.6 Å². The summed E-state index contributed by atoms with van der Waals surface area (Å²) in [5, 5.41) is 0. The Hall–Kier alpha value is -2.46. The molecule has 0 spiro atoms. The molecule has 0 aromatic heterocycles. The van der Waals surface area contributed by atoms with Crippen LogP contribution in [0.25, 0.3) is 5.53 Å². The number of rotatable bonds is 5. The van der Waals surface area contributed by atoms with Crippen molar-refractivity contribution in [2.75, 3.05) is 14.2 Å². The van der Waals surface area contributed by atoms with Crippen molar-refractivity contribution in [2.24, 2.45) is 0 Å². The third kappa shape index (κ3) is 2.56. The zero-order chi connectivity index (χ0) is 12.8. The quantitative estimate of drug-likeness (QED) is 0.188. The fourth-order valence-electron chi connectivity index (χ4n) is 1.25. The third-order valence-corrected chi connectivity index (χ3v) is 2.11. The summed E-state index contributed by atoms with van der Waals surface area (Å²) in [6.07, 6.45) is 0.173. The van der Waals surface area contributed by atoms with Crippen LogP contribution in [-0.2, 0) is 4.79 Å². The van der Waals surface area contributed by atoms with Gasteiger partial charge in [0, 0.05) is 6.07 Å². The van der Waals surface area contributed by atoms with Crippen LogP contribution in [0.3, 0.4) is 0 Å². The van der Waals surface area contributed by atoms with E-state index in [1.165, 1.54) is 32.4 Å². The van der Waals surface area contributed by atoms with Crippen LogP contribution >= 0.6 is 0 Å². The molecule has 0 aliphatic carbocycles. The molecule has 0 radical (unpaired) electrons. The van der Waals surface area contributed by atoms with Gasteiger partial charge in [-0.2, -0.15) is 4.79 Å². The van der Waals surface area contributed by atoms with Crippen LogP contribution < -0.4 is 9.47 Å². The largest absolute Gasteiger partial charge is 0.497 e. The molecule has 0 unspecified atom stereocenters. The summed E-state index contributed by atoms with van der Waals surface area (Å²) >= 11 is 0. The molecule has 0 atom stereocenters. The number of hydrogen-bond acceptors (Lipinski definition) is 4. The van der Waals surface area contributed by atoms with Crippen molar-refractivity contribution >= 4 is 17.8 Å². The Labute approximate surface area is 97.4 Å². The molecule has 0 aliphatic rings. The monoisotopic (exact) mass is 234 g/mol. The van der Waals surface area contributed by atoms with Crippen LogP contribution in [0.15, 0.2) is 18.2 Å². The lowest BCUT2D eigenvalue weighted by atomic mass is 10.1. The van der Waals surface area contributed by atoms with Crippen molar-refractivity contribution in [3.63, 3.8) is 0 Å². The molecule has 0 heterocycles. The van der Waals surface area contributed by atoms with E-state index >= 15 is 0 Å². The fraction of sp³-hybridized carbons (Fsp3) is 0.182. The Morgan fingerprint density at radius 2 is 2.06 bits per heavy atom. The summed E-state index contributed by atoms with van der Waals surface area (Å²) < 4.78 is 9.96. The van der Waals surface area contributed by atoms with Crippen LogP contribution in [0.1, 0.15) is 10.4 Å². The van der Waals surface area contributed by atoms with E-state index < -0.39 is 11.5 Å². The highest BCUT2D eigenvalue weighted by atomic mass is 16.5. The molecule has 17 heavy (non-hydrogen) atoms. The standard InChI is InChI=1S/C11H10N2O4/c1-16-7-3-4-8(10(5-7)17-2)11(15)9(6-14)13-12/h3-6H,1-2H3. The van der Waals surface area contributed by atoms with Gasteiger partial charge in [-0.15, -0.1) is 0 Å². The topological polar surface area (TPSA) is 89.0 Å². The first-order chi connectivity index (χ1) is 8.17. The van der Waals surface area contributed by atoms with E-state index in [1.54, 1.807) is 0 Å². The van der Waals surface area contributed by atoms with Crippen molar-refractivity contribution in [1.29, 1.82) is 0 Å². The average Bonchev–Trinajstić information content (AvgIpc) is 2.39. The summed E-state index contributed by atoms with van der Waals surface area (Å²) in [7, 11) is 2.85. The molecule has 0 aliphatic heterocycles. The van der Waals surface area contributed by atoms with Crippen molar-refractivity contribution in [1.82, 2.24) is 0 Å². The number of nitrogens with zero attached hydrogens (tertiary/aromatic N) is 2. The number of ketones is 1. The highest BCUT2D eigenvalue weighted by Crippen LogP contribution is 2.24. The number of methoxy groups -OCH3 is 2. The molecule has 1 rings (SSSR count). The number of carbonyl (C=O) groups excluding carboxylic acids is 2. The highest BCUT2D eigenvalue weighted by Gasteiger charge is 2.24. The van der Waals surface area contributed by atoms with Gasteiger partial charge in [0.1, 0.15) is 11.5 Å². The molecular weight excluding hydrogens is 224 g/mol. The van der Waals surface area contributed by atoms with Gasteiger partial charge in [0.2, 0.25) is 6.29 Å². The van der Waals surface area contributed by atoms with Crippen molar-refractivity contribution < 1.29 is 23.9 Å². The molecule has 6 heteroatoms. The number of Topliss-reactive ketones (excluding diaryl/α,β-unsaturated/α-hetero) is 1. The SMILES string of the molecule is COc1ccc(C(=O)C(C=O)=[N+]=[N-])c(OC)c1. The number of aldehydes is 1. The Bertz CT molecular complexity index is 504. The van der Waals surface area contributed by atoms with Gasteiger partial charge < -0.3 is 15.0 Å². The summed E-state index contributed by atoms with van der Waals surface area (Å²) in [5.74, 6) is 0.0198. The first-order valence-corrected chi connectivity index (χ1v) is 4.61. The van der Waals surface area contributed by atoms with Gasteiger partial charge in [0.25, 0.3) is 5.78 Å². The zero-order valence-corrected chi connectivity index (χ0v) is 9.34. The Morgan fingerprint density at radius 3 is 2.53 bits per heavy atom. The molecule has 1 aromatic carbocycles. The van der Waals surface area contributed by atoms with Gasteiger partial charge in [-0.05, 0) is 12.1 Å². The summed E-state index contributed by atoms with van der Waals surface area (Å²) in [6, 6.07) is 4.46. The van der Waals surface area contributed by atoms with Crippen LogP contribution in [-0.4, -0.2) is 36.8 Å². The van der Waals surface area contributed by atoms with E-state index in [1.807, 2.05) is 0 Å². The smallest absolute Gasteiger partial charge is 0.402 e. The molecule has 6 nitrogen and oxygen atoms in total. The van der Waals surface area contributed by atoms with Gasteiger partial charge in [-0.3, -0.25) is 9.59 Å². The maximum absolute atomic E-state index is 11.7. The molecular formula is C11H10N2O4. The van der Waals surface area contributed by atoms with Crippen molar-refractivity contribution in [3.05, 3.63) is 29.3 Å². The lowest BCUT2D eigenvalue weighted by molar-refractivity contribution is -0.106. The Morgan fingerprint density at radius 1 is 1.35 bits per heavy atom. The summed E-state index contributed by atoms with van der Waals surface area (Å²) in [4.78, 5) is 24.9. The predicted octanol–water partition coefficient (Wildman–Crippen LogP) is 0.756. The maximum Gasteiger partial charge on any atom is 0.402 e. The highest BCUT2D eigenvalue weighted by molar-refractivity contribution is 6.62. The van der Waals surface area contributed by atoms with E-state index in [4.69, 9.17) is 15.0 Å². The molecule has 0 fully saturated rings. The Kier molecular flexibility index (Phi) is 4.14. The second kappa shape index (κ2) is 5.58. The van der Waals surface area contributed by atoms with Crippen LogP contribution in [0.5, 0.6) is 11.5 Å². The van der Waals surface area contributed by atoms with Gasteiger partial charge >= 0.3 is 5.71 Å². The first kappa shape index (κ1) is 12.6. The summed E-state index contributed by atoms with van der Waals surface area (Å²) in [5.41, 5.74) is 8.02. The molecule has 0 bridgehead atoms. The van der Waals surface area contributed by atoms with Crippen LogP contribution in [0.2, 0.25) is 0 Å². The second-order valence-electron chi connectivity index (χ2n) is 3.00. The first-order valence-electron chi connectivity index (χ1n) is 4.61. The summed E-state index contributed by atoms with van der Waals surface area (Å²) in [6.45, 7) is 0. The second-order valence-corrected chi connectivity index (χ2v) is 3.00. The van der Waals surface area contributed by atoms with E-state index in [2.05, 4.69) is 4.79 Å². The normalized spacial score (nSPS) is 9.06. The van der Waals surface area contributed by atoms with E-state index in [0.717, 1.165) is 0 Å². The fourth-order valence-corrected chi connectivity index (χ4v) is 1.25. The Balaban J connectivity index is 3.27. The minimum Gasteiger partial charge on any atom is -0.497 e. The van der Waals surface area contributed by atoms with Gasteiger partial charge in [0.05, 0.1) is 19.8 Å². The molecule has 0 saturated carbocycles. The maximum atomic E-state index is 11.7. The number of benzene rings is 1. The third-order valence-electron chi connectivity index (χ3n) is 2.11. The van der Waals surface area contributed by atoms with Gasteiger partial charge in [0.15, 0.2) is 0 Å². The molecule has 1 aromatic rings. The molecule has 88 valence electrons. The lowest BCUT2D eigenvalue weighted by Crippen LogP contribution is -2.17. The van der Waals surface area contributed by atoms with E-state index in [0.29, 0.717) is 5.75 Å². The molecule has 0 saturated heterocycles. The lowest BCUT2D eigenvalue weighted by Gasteiger charge is -2.07. The minimum atomic E-state index is -0.720. The van der Waals surface area contributed by atoms with Gasteiger partial charge in [-0.1, -0.05) is 0 Å². The van der Waals surface area contributed by atoms with Crippen LogP contribution in [0.4, 0.5) is 0 Å².